The molecule has 8 heteroatoms. The minimum Gasteiger partial charge on any atom is -0.478 e. The van der Waals surface area contributed by atoms with Crippen molar-refractivity contribution in [2.24, 2.45) is 7.05 Å². The summed E-state index contributed by atoms with van der Waals surface area (Å²) >= 11 is 0. The number of nitrogens with one attached hydrogen (secondary N) is 1. The van der Waals surface area contributed by atoms with Crippen LogP contribution in [-0.2, 0) is 17.1 Å². The number of carbonyl (C=O) groups is 1. The van der Waals surface area contributed by atoms with E-state index in [4.69, 9.17) is 5.11 Å². The lowest BCUT2D eigenvalue weighted by atomic mass is 10.1. The molecule has 0 amide bonds. The van der Waals surface area contributed by atoms with Crippen molar-refractivity contribution in [1.82, 2.24) is 9.78 Å². The van der Waals surface area contributed by atoms with Gasteiger partial charge < -0.3 is 5.11 Å². The van der Waals surface area contributed by atoms with Gasteiger partial charge >= 0.3 is 5.97 Å². The van der Waals surface area contributed by atoms with E-state index >= 15 is 0 Å². The summed E-state index contributed by atoms with van der Waals surface area (Å²) in [6.45, 7) is 3.35. The average molecular weight is 309 g/mol. The minimum absolute atomic E-state index is 0.0425. The SMILES string of the molecule is Cc1cc(NS(=O)(=O)c2ccc(C)c(C(=O)O)c2)n(C)n1. The second-order valence-corrected chi connectivity index (χ2v) is 6.36. The molecule has 0 fully saturated rings. The molecule has 0 aliphatic heterocycles. The van der Waals surface area contributed by atoms with Gasteiger partial charge in [-0.15, -0.1) is 0 Å². The number of sulfonamides is 1. The highest BCUT2D eigenvalue weighted by Gasteiger charge is 2.19. The molecule has 2 aromatic rings. The normalized spacial score (nSPS) is 11.4. The Balaban J connectivity index is 2.42. The van der Waals surface area contributed by atoms with Gasteiger partial charge in [0.05, 0.1) is 16.2 Å². The fourth-order valence-electron chi connectivity index (χ4n) is 1.90. The van der Waals surface area contributed by atoms with E-state index in [1.54, 1.807) is 27.0 Å². The Kier molecular flexibility index (Phi) is 3.73. The molecule has 1 aromatic heterocycles. The Morgan fingerprint density at radius 2 is 1.95 bits per heavy atom. The summed E-state index contributed by atoms with van der Waals surface area (Å²) in [4.78, 5) is 11.0. The van der Waals surface area contributed by atoms with Crippen molar-refractivity contribution in [2.75, 3.05) is 4.72 Å². The van der Waals surface area contributed by atoms with Crippen LogP contribution in [0.5, 0.6) is 0 Å². The van der Waals surface area contributed by atoms with Gasteiger partial charge in [-0.25, -0.2) is 13.2 Å². The van der Waals surface area contributed by atoms with Crippen molar-refractivity contribution in [3.63, 3.8) is 0 Å². The first kappa shape index (κ1) is 15.0. The van der Waals surface area contributed by atoms with Crippen LogP contribution in [0.4, 0.5) is 5.82 Å². The van der Waals surface area contributed by atoms with Crippen LogP contribution < -0.4 is 4.72 Å². The lowest BCUT2D eigenvalue weighted by Gasteiger charge is -2.09. The van der Waals surface area contributed by atoms with E-state index in [1.165, 1.54) is 16.8 Å². The van der Waals surface area contributed by atoms with Crippen molar-refractivity contribution in [3.05, 3.63) is 41.1 Å². The van der Waals surface area contributed by atoms with Crippen LogP contribution in [0.2, 0.25) is 0 Å². The predicted octanol–water partition coefficient (Wildman–Crippen LogP) is 1.54. The molecule has 0 aliphatic carbocycles. The van der Waals surface area contributed by atoms with Crippen molar-refractivity contribution in [3.8, 4) is 0 Å². The number of hydrogen-bond acceptors (Lipinski definition) is 4. The summed E-state index contributed by atoms with van der Waals surface area (Å²) in [5.74, 6) is -0.856. The van der Waals surface area contributed by atoms with Crippen LogP contribution in [0.25, 0.3) is 0 Å². The van der Waals surface area contributed by atoms with Gasteiger partial charge in [0.1, 0.15) is 5.82 Å². The highest BCUT2D eigenvalue weighted by Crippen LogP contribution is 2.19. The van der Waals surface area contributed by atoms with Gasteiger partial charge in [-0.3, -0.25) is 9.40 Å². The zero-order valence-corrected chi connectivity index (χ0v) is 12.6. The number of carboxylic acids is 1. The summed E-state index contributed by atoms with van der Waals surface area (Å²) < 4.78 is 28.4. The number of benzene rings is 1. The number of aromatic nitrogens is 2. The number of anilines is 1. The maximum atomic E-state index is 12.3. The van der Waals surface area contributed by atoms with Crippen molar-refractivity contribution >= 4 is 21.8 Å². The van der Waals surface area contributed by atoms with Gasteiger partial charge in [0, 0.05) is 13.1 Å². The highest BCUT2D eigenvalue weighted by atomic mass is 32.2. The fraction of sp³-hybridized carbons (Fsp3) is 0.231. The Hall–Kier alpha value is -2.35. The third kappa shape index (κ3) is 3.05. The molecule has 21 heavy (non-hydrogen) atoms. The Bertz CT molecular complexity index is 809. The molecule has 0 unspecified atom stereocenters. The third-order valence-corrected chi connectivity index (χ3v) is 4.34. The third-order valence-electron chi connectivity index (χ3n) is 2.99. The quantitative estimate of drug-likeness (QED) is 0.892. The van der Waals surface area contributed by atoms with E-state index < -0.39 is 16.0 Å². The number of aryl methyl sites for hydroxylation is 3. The van der Waals surface area contributed by atoms with Crippen LogP contribution in [0.3, 0.4) is 0 Å². The monoisotopic (exact) mass is 309 g/mol. The Morgan fingerprint density at radius 3 is 2.48 bits per heavy atom. The molecule has 2 rings (SSSR count). The Morgan fingerprint density at radius 1 is 1.29 bits per heavy atom. The molecule has 1 heterocycles. The summed E-state index contributed by atoms with van der Waals surface area (Å²) in [6.07, 6.45) is 0. The van der Waals surface area contributed by atoms with Crippen LogP contribution in [0, 0.1) is 13.8 Å². The number of aromatic carboxylic acids is 1. The largest absolute Gasteiger partial charge is 0.478 e. The molecule has 0 saturated carbocycles. The average Bonchev–Trinajstić information content (AvgIpc) is 2.66. The molecular formula is C13H15N3O4S. The Labute approximate surface area is 122 Å². The van der Waals surface area contributed by atoms with Gasteiger partial charge in [-0.1, -0.05) is 6.07 Å². The second-order valence-electron chi connectivity index (χ2n) is 4.68. The summed E-state index contributed by atoms with van der Waals surface area (Å²) in [6, 6.07) is 5.56. The van der Waals surface area contributed by atoms with E-state index in [0.29, 0.717) is 17.1 Å². The van der Waals surface area contributed by atoms with E-state index in [1.807, 2.05) is 0 Å². The van der Waals surface area contributed by atoms with Crippen LogP contribution >= 0.6 is 0 Å². The molecule has 7 nitrogen and oxygen atoms in total. The van der Waals surface area contributed by atoms with E-state index in [2.05, 4.69) is 9.82 Å². The zero-order valence-electron chi connectivity index (χ0n) is 11.8. The summed E-state index contributed by atoms with van der Waals surface area (Å²) in [5.41, 5.74) is 1.13. The smallest absolute Gasteiger partial charge is 0.335 e. The number of carboxylic acid groups (broad SMARTS) is 1. The van der Waals surface area contributed by atoms with Gasteiger partial charge in [0.15, 0.2) is 0 Å². The molecule has 0 radical (unpaired) electrons. The van der Waals surface area contributed by atoms with Crippen molar-refractivity contribution < 1.29 is 18.3 Å². The molecule has 2 N–H and O–H groups in total. The second kappa shape index (κ2) is 5.21. The lowest BCUT2D eigenvalue weighted by Crippen LogP contribution is -2.16. The first-order valence-electron chi connectivity index (χ1n) is 6.08. The fourth-order valence-corrected chi connectivity index (χ4v) is 3.01. The predicted molar refractivity (Wildman–Crippen MR) is 76.9 cm³/mol. The molecule has 0 spiro atoms. The van der Waals surface area contributed by atoms with Crippen molar-refractivity contribution in [2.45, 2.75) is 18.7 Å². The van der Waals surface area contributed by atoms with Crippen LogP contribution in [0.1, 0.15) is 21.6 Å². The maximum absolute atomic E-state index is 12.3. The van der Waals surface area contributed by atoms with Gasteiger partial charge in [-0.05, 0) is 31.5 Å². The lowest BCUT2D eigenvalue weighted by molar-refractivity contribution is 0.0696. The van der Waals surface area contributed by atoms with Crippen LogP contribution in [0.15, 0.2) is 29.2 Å². The minimum atomic E-state index is -3.87. The van der Waals surface area contributed by atoms with Crippen LogP contribution in [-0.4, -0.2) is 29.3 Å². The first-order chi connectivity index (χ1) is 9.70. The molecule has 0 saturated heterocycles. The molecule has 112 valence electrons. The van der Waals surface area contributed by atoms with E-state index in [0.717, 1.165) is 6.07 Å². The number of hydrogen-bond donors (Lipinski definition) is 2. The number of nitrogens with zero attached hydrogens (tertiary/aromatic N) is 2. The highest BCUT2D eigenvalue weighted by molar-refractivity contribution is 7.92. The maximum Gasteiger partial charge on any atom is 0.335 e. The van der Waals surface area contributed by atoms with E-state index in [9.17, 15) is 13.2 Å². The van der Waals surface area contributed by atoms with Gasteiger partial charge in [-0.2, -0.15) is 5.10 Å². The number of rotatable bonds is 4. The molecular weight excluding hydrogens is 294 g/mol. The van der Waals surface area contributed by atoms with Gasteiger partial charge in [0.2, 0.25) is 0 Å². The summed E-state index contributed by atoms with van der Waals surface area (Å²) in [5, 5.41) is 13.1. The molecule has 0 atom stereocenters. The van der Waals surface area contributed by atoms with Crippen molar-refractivity contribution in [1.29, 1.82) is 0 Å². The first-order valence-corrected chi connectivity index (χ1v) is 7.56. The molecule has 0 bridgehead atoms. The molecule has 0 aliphatic rings. The summed E-state index contributed by atoms with van der Waals surface area (Å²) in [7, 11) is -2.26. The molecule has 1 aromatic carbocycles. The van der Waals surface area contributed by atoms with E-state index in [-0.39, 0.29) is 10.5 Å². The van der Waals surface area contributed by atoms with Gasteiger partial charge in [0.25, 0.3) is 10.0 Å². The standard InChI is InChI=1S/C13H15N3O4S/c1-8-4-5-10(7-11(8)13(17)18)21(19,20)15-12-6-9(2)14-16(12)3/h4-7,15H,1-3H3,(H,17,18). The topological polar surface area (TPSA) is 101 Å². The zero-order chi connectivity index (χ0) is 15.8.